The molecule has 0 aliphatic carbocycles. The Morgan fingerprint density at radius 3 is 2.70 bits per heavy atom. The number of rotatable bonds is 5. The molecular formula is C18H19NO. The molecule has 2 rings (SSSR count). The summed E-state index contributed by atoms with van der Waals surface area (Å²) >= 11 is 0. The number of benzene rings is 2. The summed E-state index contributed by atoms with van der Waals surface area (Å²) in [5, 5.41) is 3.37. The van der Waals surface area contributed by atoms with Gasteiger partial charge < -0.3 is 10.1 Å². The van der Waals surface area contributed by atoms with Crippen LogP contribution in [0, 0.1) is 12.3 Å². The Morgan fingerprint density at radius 1 is 1.15 bits per heavy atom. The second-order valence-electron chi connectivity index (χ2n) is 4.89. The first-order chi connectivity index (χ1) is 9.67. The van der Waals surface area contributed by atoms with Crippen molar-refractivity contribution in [2.75, 3.05) is 5.32 Å². The van der Waals surface area contributed by atoms with Crippen LogP contribution in [0.1, 0.15) is 25.0 Å². The van der Waals surface area contributed by atoms with E-state index in [-0.39, 0.29) is 6.10 Å². The van der Waals surface area contributed by atoms with Crippen molar-refractivity contribution in [3.63, 3.8) is 0 Å². The van der Waals surface area contributed by atoms with E-state index in [1.54, 1.807) is 0 Å². The smallest absolute Gasteiger partial charge is 0.120 e. The fourth-order valence-electron chi connectivity index (χ4n) is 1.92. The Morgan fingerprint density at radius 2 is 1.95 bits per heavy atom. The van der Waals surface area contributed by atoms with Crippen LogP contribution in [0.25, 0.3) is 0 Å². The molecular weight excluding hydrogens is 246 g/mol. The van der Waals surface area contributed by atoms with E-state index in [0.29, 0.717) is 0 Å². The van der Waals surface area contributed by atoms with Crippen molar-refractivity contribution in [1.29, 1.82) is 0 Å². The van der Waals surface area contributed by atoms with E-state index in [9.17, 15) is 0 Å². The number of anilines is 1. The summed E-state index contributed by atoms with van der Waals surface area (Å²) in [5.41, 5.74) is 3.08. The van der Waals surface area contributed by atoms with Crippen LogP contribution in [0.15, 0.2) is 48.5 Å². The van der Waals surface area contributed by atoms with E-state index in [4.69, 9.17) is 11.2 Å². The number of nitrogens with one attached hydrogen (secondary N) is 1. The van der Waals surface area contributed by atoms with Crippen molar-refractivity contribution >= 4 is 5.69 Å². The predicted molar refractivity (Wildman–Crippen MR) is 83.9 cm³/mol. The van der Waals surface area contributed by atoms with Crippen LogP contribution in [0.3, 0.4) is 0 Å². The molecule has 0 bridgehead atoms. The van der Waals surface area contributed by atoms with Crippen LogP contribution >= 0.6 is 0 Å². The molecule has 0 spiro atoms. The van der Waals surface area contributed by atoms with Crippen molar-refractivity contribution < 1.29 is 4.74 Å². The minimum absolute atomic E-state index is 0.186. The maximum absolute atomic E-state index is 5.69. The van der Waals surface area contributed by atoms with E-state index in [0.717, 1.165) is 23.5 Å². The molecule has 2 aromatic carbocycles. The first-order valence-corrected chi connectivity index (χ1v) is 6.73. The van der Waals surface area contributed by atoms with Gasteiger partial charge in [0.25, 0.3) is 0 Å². The van der Waals surface area contributed by atoms with Gasteiger partial charge in [0.1, 0.15) is 5.75 Å². The molecule has 0 saturated heterocycles. The molecule has 20 heavy (non-hydrogen) atoms. The topological polar surface area (TPSA) is 21.3 Å². The Bertz CT molecular complexity index is 611. The minimum atomic E-state index is 0.186. The third-order valence-corrected chi connectivity index (χ3v) is 2.80. The van der Waals surface area contributed by atoms with E-state index < -0.39 is 0 Å². The van der Waals surface area contributed by atoms with Crippen molar-refractivity contribution in [2.24, 2.45) is 0 Å². The average molecular weight is 265 g/mol. The van der Waals surface area contributed by atoms with Gasteiger partial charge in [-0.1, -0.05) is 24.1 Å². The van der Waals surface area contributed by atoms with Crippen molar-refractivity contribution in [1.82, 2.24) is 0 Å². The summed E-state index contributed by atoms with van der Waals surface area (Å²) in [6.07, 6.45) is 5.58. The Kier molecular flexibility index (Phi) is 4.68. The maximum Gasteiger partial charge on any atom is 0.120 e. The van der Waals surface area contributed by atoms with E-state index in [2.05, 4.69) is 23.4 Å². The number of hydrogen-bond donors (Lipinski definition) is 1. The van der Waals surface area contributed by atoms with Gasteiger partial charge in [0.15, 0.2) is 0 Å². The van der Waals surface area contributed by atoms with Crippen molar-refractivity contribution in [2.45, 2.75) is 26.5 Å². The second-order valence-corrected chi connectivity index (χ2v) is 4.89. The summed E-state index contributed by atoms with van der Waals surface area (Å²) in [5.74, 6) is 3.54. The predicted octanol–water partition coefficient (Wildman–Crippen LogP) is 4.07. The molecule has 0 aliphatic rings. The van der Waals surface area contributed by atoms with Crippen LogP contribution in [0.4, 0.5) is 5.69 Å². The monoisotopic (exact) mass is 265 g/mol. The number of ether oxygens (including phenoxy) is 1. The maximum atomic E-state index is 5.69. The molecule has 0 heterocycles. The summed E-state index contributed by atoms with van der Waals surface area (Å²) in [6.45, 7) is 4.79. The lowest BCUT2D eigenvalue weighted by Crippen LogP contribution is -2.06. The highest BCUT2D eigenvalue weighted by molar-refractivity contribution is 5.50. The summed E-state index contributed by atoms with van der Waals surface area (Å²) in [6, 6.07) is 16.0. The van der Waals surface area contributed by atoms with Gasteiger partial charge in [-0.25, -0.2) is 0 Å². The first kappa shape index (κ1) is 14.0. The second kappa shape index (κ2) is 6.68. The largest absolute Gasteiger partial charge is 0.491 e. The van der Waals surface area contributed by atoms with Gasteiger partial charge in [0, 0.05) is 17.8 Å². The average Bonchev–Trinajstić information content (AvgIpc) is 2.45. The highest BCUT2D eigenvalue weighted by atomic mass is 16.5. The van der Waals surface area contributed by atoms with E-state index in [1.807, 2.05) is 50.2 Å². The molecule has 0 unspecified atom stereocenters. The third kappa shape index (κ3) is 4.07. The minimum Gasteiger partial charge on any atom is -0.491 e. The molecule has 0 radical (unpaired) electrons. The summed E-state index contributed by atoms with van der Waals surface area (Å²) in [4.78, 5) is 0. The molecule has 0 aromatic heterocycles. The zero-order valence-corrected chi connectivity index (χ0v) is 11.9. The SMILES string of the molecule is C#Cc1cccc(NCc2cccc(OC(C)C)c2)c1. The molecule has 102 valence electrons. The van der Waals surface area contributed by atoms with Crippen molar-refractivity contribution in [3.8, 4) is 18.1 Å². The zero-order chi connectivity index (χ0) is 14.4. The van der Waals surface area contributed by atoms with Gasteiger partial charge in [-0.3, -0.25) is 0 Å². The van der Waals surface area contributed by atoms with Crippen LogP contribution in [0.2, 0.25) is 0 Å². The molecule has 2 nitrogen and oxygen atoms in total. The van der Waals surface area contributed by atoms with Gasteiger partial charge >= 0.3 is 0 Å². The lowest BCUT2D eigenvalue weighted by atomic mass is 10.2. The quantitative estimate of drug-likeness (QED) is 0.823. The molecule has 2 heteroatoms. The van der Waals surface area contributed by atoms with Gasteiger partial charge in [-0.05, 0) is 49.7 Å². The Labute approximate surface area is 120 Å². The molecule has 0 fully saturated rings. The van der Waals surface area contributed by atoms with Crippen LogP contribution in [-0.2, 0) is 6.54 Å². The lowest BCUT2D eigenvalue weighted by molar-refractivity contribution is 0.242. The zero-order valence-electron chi connectivity index (χ0n) is 11.9. The molecule has 1 N–H and O–H groups in total. The standard InChI is InChI=1S/C18H19NO/c1-4-15-7-5-9-17(11-15)19-13-16-8-6-10-18(12-16)20-14(2)3/h1,5-12,14,19H,13H2,2-3H3. The van der Waals surface area contributed by atoms with Crippen LogP contribution in [0.5, 0.6) is 5.75 Å². The van der Waals surface area contributed by atoms with Gasteiger partial charge in [-0.2, -0.15) is 0 Å². The van der Waals surface area contributed by atoms with Gasteiger partial charge in [0.2, 0.25) is 0 Å². The highest BCUT2D eigenvalue weighted by Gasteiger charge is 2.00. The normalized spacial score (nSPS) is 10.1. The fraction of sp³-hybridized carbons (Fsp3) is 0.222. The number of hydrogen-bond acceptors (Lipinski definition) is 2. The molecule has 0 atom stereocenters. The van der Waals surface area contributed by atoms with Crippen LogP contribution in [-0.4, -0.2) is 6.10 Å². The third-order valence-electron chi connectivity index (χ3n) is 2.80. The summed E-state index contributed by atoms with van der Waals surface area (Å²) in [7, 11) is 0. The Hall–Kier alpha value is -2.40. The molecule has 0 aliphatic heterocycles. The lowest BCUT2D eigenvalue weighted by Gasteiger charge is -2.12. The fourth-order valence-corrected chi connectivity index (χ4v) is 1.92. The number of terminal acetylenes is 1. The molecule has 2 aromatic rings. The molecule has 0 amide bonds. The molecule has 0 saturated carbocycles. The van der Waals surface area contributed by atoms with Crippen molar-refractivity contribution in [3.05, 3.63) is 59.7 Å². The summed E-state index contributed by atoms with van der Waals surface area (Å²) < 4.78 is 5.69. The first-order valence-electron chi connectivity index (χ1n) is 6.73. The van der Waals surface area contributed by atoms with E-state index in [1.165, 1.54) is 5.56 Å². The van der Waals surface area contributed by atoms with Crippen LogP contribution < -0.4 is 10.1 Å². The van der Waals surface area contributed by atoms with E-state index >= 15 is 0 Å². The van der Waals surface area contributed by atoms with Gasteiger partial charge in [0.05, 0.1) is 6.10 Å². The Balaban J connectivity index is 2.01. The van der Waals surface area contributed by atoms with Gasteiger partial charge in [-0.15, -0.1) is 6.42 Å². The highest BCUT2D eigenvalue weighted by Crippen LogP contribution is 2.17.